The van der Waals surface area contributed by atoms with Crippen molar-refractivity contribution in [2.24, 2.45) is 0 Å². The molecule has 0 bridgehead atoms. The van der Waals surface area contributed by atoms with E-state index in [1.807, 2.05) is 0 Å². The Morgan fingerprint density at radius 1 is 0.208 bits per heavy atom. The minimum absolute atomic E-state index is 1.10. The number of anilines is 3. The minimum atomic E-state index is 1.10. The van der Waals surface area contributed by atoms with E-state index in [0.717, 1.165) is 17.1 Å². The van der Waals surface area contributed by atoms with Gasteiger partial charge in [-0.3, -0.25) is 0 Å². The lowest BCUT2D eigenvalue weighted by molar-refractivity contribution is 1.28. The van der Waals surface area contributed by atoms with Gasteiger partial charge in [0.25, 0.3) is 0 Å². The molecule has 9 aromatic carbocycles. The number of hydrogen-bond donors (Lipinski definition) is 0. The van der Waals surface area contributed by atoms with Gasteiger partial charge in [-0.05, 0) is 115 Å². The quantitative estimate of drug-likeness (QED) is 0.155. The molecule has 250 valence electrons. The van der Waals surface area contributed by atoms with Gasteiger partial charge in [0.15, 0.2) is 0 Å². The second-order valence-electron chi connectivity index (χ2n) is 13.4. The Morgan fingerprint density at radius 3 is 1.34 bits per heavy atom. The molecular formula is C52H37N. The van der Waals surface area contributed by atoms with Crippen molar-refractivity contribution < 1.29 is 0 Å². The Morgan fingerprint density at radius 2 is 0.642 bits per heavy atom. The van der Waals surface area contributed by atoms with Gasteiger partial charge in [-0.2, -0.15) is 0 Å². The zero-order chi connectivity index (χ0) is 35.4. The molecule has 0 radical (unpaired) electrons. The molecule has 0 spiro atoms. The van der Waals surface area contributed by atoms with E-state index in [-0.39, 0.29) is 0 Å². The van der Waals surface area contributed by atoms with E-state index in [0.29, 0.717) is 0 Å². The van der Waals surface area contributed by atoms with Crippen molar-refractivity contribution in [3.63, 3.8) is 0 Å². The molecule has 0 aliphatic carbocycles. The molecule has 0 amide bonds. The zero-order valence-corrected chi connectivity index (χ0v) is 29.3. The van der Waals surface area contributed by atoms with Crippen molar-refractivity contribution in [2.45, 2.75) is 0 Å². The lowest BCUT2D eigenvalue weighted by Crippen LogP contribution is -2.10. The largest absolute Gasteiger partial charge is 0.310 e. The van der Waals surface area contributed by atoms with Crippen molar-refractivity contribution in [1.29, 1.82) is 0 Å². The molecule has 0 unspecified atom stereocenters. The fraction of sp³-hybridized carbons (Fsp3) is 0. The Balaban J connectivity index is 1.12. The maximum absolute atomic E-state index is 2.37. The third-order valence-corrected chi connectivity index (χ3v) is 10.0. The number of rotatable bonds is 8. The van der Waals surface area contributed by atoms with E-state index in [9.17, 15) is 0 Å². The summed E-state index contributed by atoms with van der Waals surface area (Å²) in [6.45, 7) is 0. The SMILES string of the molecule is c1ccc(-c2cccc(N(c3ccc(-c4cccc(-c5ccc6ccccc6c5)c4)cc3)c3cccc(-c4ccccc4-c4ccccc4)c3)c2)cc1. The molecule has 1 heteroatoms. The van der Waals surface area contributed by atoms with Crippen LogP contribution in [0.15, 0.2) is 224 Å². The number of hydrogen-bond acceptors (Lipinski definition) is 1. The molecule has 0 atom stereocenters. The summed E-state index contributed by atoms with van der Waals surface area (Å²) in [7, 11) is 0. The van der Waals surface area contributed by atoms with Crippen LogP contribution in [0.2, 0.25) is 0 Å². The van der Waals surface area contributed by atoms with Gasteiger partial charge in [-0.25, -0.2) is 0 Å². The average molecular weight is 676 g/mol. The second kappa shape index (κ2) is 14.3. The molecule has 0 heterocycles. The number of benzene rings is 9. The summed E-state index contributed by atoms with van der Waals surface area (Å²) in [5, 5.41) is 2.51. The average Bonchev–Trinajstić information content (AvgIpc) is 3.25. The van der Waals surface area contributed by atoms with Crippen LogP contribution in [0.25, 0.3) is 66.4 Å². The van der Waals surface area contributed by atoms with Gasteiger partial charge in [0, 0.05) is 17.1 Å². The van der Waals surface area contributed by atoms with Crippen LogP contribution in [0.4, 0.5) is 17.1 Å². The highest BCUT2D eigenvalue weighted by atomic mass is 15.1. The van der Waals surface area contributed by atoms with Gasteiger partial charge >= 0.3 is 0 Å². The van der Waals surface area contributed by atoms with E-state index < -0.39 is 0 Å². The standard InChI is InChI=1S/C52H37N/c1-3-14-38(15-4-1)45-22-12-24-49(36-45)53(50-25-13-23-47(37-50)52-27-10-9-26-51(52)41-17-5-2-6-18-41)48-32-30-40(31-33-48)43-20-11-21-44(34-43)46-29-28-39-16-7-8-19-42(39)35-46/h1-37H. The van der Waals surface area contributed by atoms with Crippen LogP contribution < -0.4 is 4.90 Å². The zero-order valence-electron chi connectivity index (χ0n) is 29.3. The monoisotopic (exact) mass is 675 g/mol. The van der Waals surface area contributed by atoms with Crippen LogP contribution in [0, 0.1) is 0 Å². The van der Waals surface area contributed by atoms with Crippen molar-refractivity contribution in [1.82, 2.24) is 0 Å². The minimum Gasteiger partial charge on any atom is -0.310 e. The Kier molecular flexibility index (Phi) is 8.66. The van der Waals surface area contributed by atoms with Crippen LogP contribution in [-0.2, 0) is 0 Å². The first-order valence-electron chi connectivity index (χ1n) is 18.2. The lowest BCUT2D eigenvalue weighted by atomic mass is 9.94. The summed E-state index contributed by atoms with van der Waals surface area (Å²) < 4.78 is 0. The van der Waals surface area contributed by atoms with Crippen LogP contribution in [-0.4, -0.2) is 0 Å². The van der Waals surface area contributed by atoms with Crippen molar-refractivity contribution in [3.8, 4) is 55.6 Å². The third kappa shape index (κ3) is 6.65. The first-order valence-corrected chi connectivity index (χ1v) is 18.2. The lowest BCUT2D eigenvalue weighted by Gasteiger charge is -2.27. The Hall–Kier alpha value is -6.96. The smallest absolute Gasteiger partial charge is 0.0467 e. The summed E-state index contributed by atoms with van der Waals surface area (Å²) in [4.78, 5) is 2.37. The number of fused-ring (bicyclic) bond motifs is 1. The van der Waals surface area contributed by atoms with Gasteiger partial charge in [0.2, 0.25) is 0 Å². The van der Waals surface area contributed by atoms with E-state index >= 15 is 0 Å². The molecule has 0 aliphatic heterocycles. The maximum atomic E-state index is 2.37. The maximum Gasteiger partial charge on any atom is 0.0467 e. The molecule has 9 aromatic rings. The van der Waals surface area contributed by atoms with E-state index in [4.69, 9.17) is 0 Å². The summed E-state index contributed by atoms with van der Waals surface area (Å²) in [6.07, 6.45) is 0. The van der Waals surface area contributed by atoms with Crippen molar-refractivity contribution in [3.05, 3.63) is 224 Å². The Labute approximate surface area is 311 Å². The van der Waals surface area contributed by atoms with Gasteiger partial charge in [-0.1, -0.05) is 176 Å². The number of nitrogens with zero attached hydrogens (tertiary/aromatic N) is 1. The van der Waals surface area contributed by atoms with Crippen molar-refractivity contribution in [2.75, 3.05) is 4.90 Å². The highest BCUT2D eigenvalue weighted by Crippen LogP contribution is 2.41. The van der Waals surface area contributed by atoms with Gasteiger partial charge in [-0.15, -0.1) is 0 Å². The van der Waals surface area contributed by atoms with Crippen molar-refractivity contribution >= 4 is 27.8 Å². The van der Waals surface area contributed by atoms with Crippen LogP contribution in [0.5, 0.6) is 0 Å². The molecule has 0 saturated carbocycles. The molecule has 0 aromatic heterocycles. The first-order chi connectivity index (χ1) is 26.3. The molecule has 0 saturated heterocycles. The molecule has 1 nitrogen and oxygen atoms in total. The van der Waals surface area contributed by atoms with Gasteiger partial charge < -0.3 is 4.90 Å². The highest BCUT2D eigenvalue weighted by molar-refractivity contribution is 5.89. The predicted octanol–water partition coefficient (Wildman–Crippen LogP) is 14.6. The van der Waals surface area contributed by atoms with E-state index in [1.165, 1.54) is 66.4 Å². The molecule has 0 N–H and O–H groups in total. The topological polar surface area (TPSA) is 3.24 Å². The fourth-order valence-electron chi connectivity index (χ4n) is 7.37. The molecule has 9 rings (SSSR count). The van der Waals surface area contributed by atoms with E-state index in [1.54, 1.807) is 0 Å². The van der Waals surface area contributed by atoms with Crippen LogP contribution >= 0.6 is 0 Å². The molecular weight excluding hydrogens is 639 g/mol. The molecule has 53 heavy (non-hydrogen) atoms. The van der Waals surface area contributed by atoms with Gasteiger partial charge in [0.1, 0.15) is 0 Å². The predicted molar refractivity (Wildman–Crippen MR) is 226 cm³/mol. The van der Waals surface area contributed by atoms with Crippen LogP contribution in [0.1, 0.15) is 0 Å². The van der Waals surface area contributed by atoms with E-state index in [2.05, 4.69) is 229 Å². The summed E-state index contributed by atoms with van der Waals surface area (Å²) in [6, 6.07) is 80.8. The highest BCUT2D eigenvalue weighted by Gasteiger charge is 2.16. The summed E-state index contributed by atoms with van der Waals surface area (Å²) in [5.41, 5.74) is 15.3. The molecule has 0 fully saturated rings. The summed E-state index contributed by atoms with van der Waals surface area (Å²) in [5.74, 6) is 0. The second-order valence-corrected chi connectivity index (χ2v) is 13.4. The first kappa shape index (κ1) is 32.0. The third-order valence-electron chi connectivity index (χ3n) is 10.0. The summed E-state index contributed by atoms with van der Waals surface area (Å²) >= 11 is 0. The van der Waals surface area contributed by atoms with Gasteiger partial charge in [0.05, 0.1) is 0 Å². The normalized spacial score (nSPS) is 11.0. The van der Waals surface area contributed by atoms with Crippen LogP contribution in [0.3, 0.4) is 0 Å². The molecule has 0 aliphatic rings. The Bertz CT molecular complexity index is 2660. The fourth-order valence-corrected chi connectivity index (χ4v) is 7.37.